The van der Waals surface area contributed by atoms with Gasteiger partial charge in [0, 0.05) is 11.1 Å². The second-order valence-electron chi connectivity index (χ2n) is 6.66. The summed E-state index contributed by atoms with van der Waals surface area (Å²) in [6.07, 6.45) is 0. The van der Waals surface area contributed by atoms with Crippen LogP contribution < -0.4 is 0 Å². The van der Waals surface area contributed by atoms with E-state index in [0.29, 0.717) is 0 Å². The fourth-order valence-electron chi connectivity index (χ4n) is 3.57. The first-order valence-corrected chi connectivity index (χ1v) is 8.79. The number of aryl methyl sites for hydroxylation is 3. The molecule has 0 saturated heterocycles. The van der Waals surface area contributed by atoms with Gasteiger partial charge in [0.15, 0.2) is 11.6 Å². The lowest BCUT2D eigenvalue weighted by Crippen LogP contribution is -2.05. The van der Waals surface area contributed by atoms with Crippen molar-refractivity contribution >= 4 is 0 Å². The van der Waals surface area contributed by atoms with Crippen molar-refractivity contribution in [1.29, 1.82) is 0 Å². The molecule has 26 heavy (non-hydrogen) atoms. The second kappa shape index (κ2) is 6.60. The summed E-state index contributed by atoms with van der Waals surface area (Å²) in [6.45, 7) is 6.43. The highest BCUT2D eigenvalue weighted by Crippen LogP contribution is 2.32. The summed E-state index contributed by atoms with van der Waals surface area (Å²) >= 11 is 0. The molecule has 4 rings (SSSR count). The molecule has 0 spiro atoms. The molecule has 128 valence electrons. The van der Waals surface area contributed by atoms with E-state index in [1.807, 2.05) is 36.4 Å². The summed E-state index contributed by atoms with van der Waals surface area (Å²) < 4.78 is 2.19. The molecule has 1 heterocycles. The van der Waals surface area contributed by atoms with Gasteiger partial charge >= 0.3 is 0 Å². The van der Waals surface area contributed by atoms with Crippen molar-refractivity contribution in [2.24, 2.45) is 0 Å². The number of benzene rings is 3. The van der Waals surface area contributed by atoms with E-state index >= 15 is 0 Å². The van der Waals surface area contributed by atoms with Crippen LogP contribution in [0.2, 0.25) is 0 Å². The molecule has 3 aromatic carbocycles. The minimum absolute atomic E-state index is 0.861. The zero-order valence-corrected chi connectivity index (χ0v) is 15.3. The van der Waals surface area contributed by atoms with Gasteiger partial charge < -0.3 is 0 Å². The van der Waals surface area contributed by atoms with Gasteiger partial charge in [0.1, 0.15) is 0 Å². The van der Waals surface area contributed by atoms with Gasteiger partial charge in [-0.05, 0) is 31.9 Å². The minimum Gasteiger partial charge on any atom is -0.274 e. The van der Waals surface area contributed by atoms with E-state index in [2.05, 4.69) is 71.9 Å². The Morgan fingerprint density at radius 2 is 1.04 bits per heavy atom. The average Bonchev–Trinajstić information content (AvgIpc) is 3.07. The Morgan fingerprint density at radius 3 is 1.46 bits per heavy atom. The third kappa shape index (κ3) is 2.82. The van der Waals surface area contributed by atoms with Crippen LogP contribution in [-0.4, -0.2) is 14.8 Å². The highest BCUT2D eigenvalue weighted by molar-refractivity contribution is 5.68. The fraction of sp³-hybridized carbons (Fsp3) is 0.130. The van der Waals surface area contributed by atoms with Crippen LogP contribution in [0.25, 0.3) is 28.5 Å². The molecular formula is C23H21N3. The maximum Gasteiger partial charge on any atom is 0.168 e. The van der Waals surface area contributed by atoms with Gasteiger partial charge in [0.2, 0.25) is 0 Å². The molecule has 0 aliphatic rings. The molecule has 0 aliphatic carbocycles. The summed E-state index contributed by atoms with van der Waals surface area (Å²) in [5.41, 5.74) is 6.97. The topological polar surface area (TPSA) is 30.7 Å². The number of rotatable bonds is 3. The predicted molar refractivity (Wildman–Crippen MR) is 106 cm³/mol. The summed E-state index contributed by atoms with van der Waals surface area (Å²) in [4.78, 5) is 0. The molecule has 0 fully saturated rings. The quantitative estimate of drug-likeness (QED) is 0.491. The summed E-state index contributed by atoms with van der Waals surface area (Å²) in [5.74, 6) is 1.72. The second-order valence-corrected chi connectivity index (χ2v) is 6.66. The van der Waals surface area contributed by atoms with Gasteiger partial charge in [-0.15, -0.1) is 10.2 Å². The number of hydrogen-bond donors (Lipinski definition) is 0. The molecule has 0 unspecified atom stereocenters. The van der Waals surface area contributed by atoms with E-state index in [9.17, 15) is 0 Å². The van der Waals surface area contributed by atoms with Crippen LogP contribution in [0, 0.1) is 20.8 Å². The Hall–Kier alpha value is -3.20. The Morgan fingerprint density at radius 1 is 0.615 bits per heavy atom. The van der Waals surface area contributed by atoms with Crippen LogP contribution in [0.1, 0.15) is 16.7 Å². The Labute approximate surface area is 154 Å². The van der Waals surface area contributed by atoms with Gasteiger partial charge in [0.25, 0.3) is 0 Å². The highest BCUT2D eigenvalue weighted by Gasteiger charge is 2.19. The first-order chi connectivity index (χ1) is 12.6. The normalized spacial score (nSPS) is 10.9. The number of aromatic nitrogens is 3. The minimum atomic E-state index is 0.861. The maximum atomic E-state index is 4.56. The predicted octanol–water partition coefficient (Wildman–Crippen LogP) is 5.53. The van der Waals surface area contributed by atoms with Crippen molar-refractivity contribution in [2.75, 3.05) is 0 Å². The smallest absolute Gasteiger partial charge is 0.168 e. The van der Waals surface area contributed by atoms with Crippen molar-refractivity contribution in [1.82, 2.24) is 14.8 Å². The Bertz CT molecular complexity index is 968. The van der Waals surface area contributed by atoms with Crippen LogP contribution >= 0.6 is 0 Å². The lowest BCUT2D eigenvalue weighted by Gasteiger charge is -2.17. The Kier molecular flexibility index (Phi) is 4.13. The first kappa shape index (κ1) is 16.3. The van der Waals surface area contributed by atoms with E-state index < -0.39 is 0 Å². The fourth-order valence-corrected chi connectivity index (χ4v) is 3.57. The molecule has 3 heteroatoms. The summed E-state index contributed by atoms with van der Waals surface area (Å²) in [6, 6.07) is 24.9. The van der Waals surface area contributed by atoms with Gasteiger partial charge in [-0.2, -0.15) is 0 Å². The van der Waals surface area contributed by atoms with E-state index in [1.54, 1.807) is 0 Å². The van der Waals surface area contributed by atoms with Crippen LogP contribution in [0.5, 0.6) is 0 Å². The standard InChI is InChI=1S/C23H21N3/c1-16-14-17(2)21(18(3)15-16)26-22(19-10-6-4-7-11-19)24-25-23(26)20-12-8-5-9-13-20/h4-15H,1-3H3. The van der Waals surface area contributed by atoms with E-state index in [0.717, 1.165) is 28.5 Å². The highest BCUT2D eigenvalue weighted by atomic mass is 15.3. The molecule has 0 aliphatic heterocycles. The summed E-state index contributed by atoms with van der Waals surface area (Å²) in [5, 5.41) is 9.11. The number of hydrogen-bond acceptors (Lipinski definition) is 2. The average molecular weight is 339 g/mol. The molecular weight excluding hydrogens is 318 g/mol. The molecule has 0 saturated carbocycles. The molecule has 4 aromatic rings. The molecule has 0 N–H and O–H groups in total. The molecule has 0 radical (unpaired) electrons. The van der Waals surface area contributed by atoms with Crippen LogP contribution in [0.4, 0.5) is 0 Å². The van der Waals surface area contributed by atoms with Crippen molar-refractivity contribution in [3.8, 4) is 28.5 Å². The first-order valence-electron chi connectivity index (χ1n) is 8.79. The van der Waals surface area contributed by atoms with E-state index in [-0.39, 0.29) is 0 Å². The molecule has 0 bridgehead atoms. The van der Waals surface area contributed by atoms with Gasteiger partial charge in [-0.3, -0.25) is 4.57 Å². The number of nitrogens with zero attached hydrogens (tertiary/aromatic N) is 3. The summed E-state index contributed by atoms with van der Waals surface area (Å²) in [7, 11) is 0. The lowest BCUT2D eigenvalue weighted by molar-refractivity contribution is 1.03. The molecule has 0 atom stereocenters. The lowest BCUT2D eigenvalue weighted by atomic mass is 10.0. The molecule has 1 aromatic heterocycles. The van der Waals surface area contributed by atoms with Gasteiger partial charge in [0.05, 0.1) is 5.69 Å². The van der Waals surface area contributed by atoms with Gasteiger partial charge in [-0.1, -0.05) is 78.4 Å². The largest absolute Gasteiger partial charge is 0.274 e. The SMILES string of the molecule is Cc1cc(C)c(-n2c(-c3ccccc3)nnc2-c2ccccc2)c(C)c1. The third-order valence-corrected chi connectivity index (χ3v) is 4.59. The van der Waals surface area contributed by atoms with Crippen LogP contribution in [-0.2, 0) is 0 Å². The monoisotopic (exact) mass is 339 g/mol. The van der Waals surface area contributed by atoms with Crippen molar-refractivity contribution in [2.45, 2.75) is 20.8 Å². The van der Waals surface area contributed by atoms with E-state index in [1.165, 1.54) is 16.7 Å². The van der Waals surface area contributed by atoms with Gasteiger partial charge in [-0.25, -0.2) is 0 Å². The third-order valence-electron chi connectivity index (χ3n) is 4.59. The van der Waals surface area contributed by atoms with Crippen molar-refractivity contribution < 1.29 is 0 Å². The van der Waals surface area contributed by atoms with Crippen molar-refractivity contribution in [3.05, 3.63) is 89.5 Å². The van der Waals surface area contributed by atoms with Crippen LogP contribution in [0.15, 0.2) is 72.8 Å². The molecule has 0 amide bonds. The van der Waals surface area contributed by atoms with E-state index in [4.69, 9.17) is 0 Å². The van der Waals surface area contributed by atoms with Crippen LogP contribution in [0.3, 0.4) is 0 Å². The molecule has 3 nitrogen and oxygen atoms in total. The maximum absolute atomic E-state index is 4.56. The Balaban J connectivity index is 2.05. The van der Waals surface area contributed by atoms with Crippen molar-refractivity contribution in [3.63, 3.8) is 0 Å². The zero-order chi connectivity index (χ0) is 18.1. The zero-order valence-electron chi connectivity index (χ0n) is 15.3.